The highest BCUT2D eigenvalue weighted by atomic mass is 28.1. The number of carbonyl (C=O) groups is 1. The number of esters is 1. The molecule has 16 heavy (non-hydrogen) atoms. The molecule has 1 heterocycles. The molecule has 1 atom stereocenters. The second-order valence-electron chi connectivity index (χ2n) is 4.62. The minimum Gasteiger partial charge on any atom is -0.464 e. The Morgan fingerprint density at radius 2 is 2.31 bits per heavy atom. The van der Waals surface area contributed by atoms with Crippen molar-refractivity contribution in [3.05, 3.63) is 0 Å². The second-order valence-corrected chi connectivity index (χ2v) is 6.44. The van der Waals surface area contributed by atoms with Crippen molar-refractivity contribution in [2.75, 3.05) is 19.8 Å². The van der Waals surface area contributed by atoms with E-state index < -0.39 is 0 Å². The average Bonchev–Trinajstić information content (AvgIpc) is 2.27. The zero-order valence-electron chi connectivity index (χ0n) is 10.2. The third-order valence-corrected chi connectivity index (χ3v) is 4.31. The first-order chi connectivity index (χ1) is 7.66. The lowest BCUT2D eigenvalue weighted by atomic mass is 10.0. The van der Waals surface area contributed by atoms with Crippen LogP contribution in [-0.2, 0) is 14.3 Å². The van der Waals surface area contributed by atoms with Crippen LogP contribution in [0.25, 0.3) is 0 Å². The summed E-state index contributed by atoms with van der Waals surface area (Å²) >= 11 is 0. The quantitative estimate of drug-likeness (QED) is 0.525. The Morgan fingerprint density at radius 3 is 2.94 bits per heavy atom. The van der Waals surface area contributed by atoms with E-state index in [-0.39, 0.29) is 11.2 Å². The smallest absolute Gasteiger partial charge is 0.305 e. The van der Waals surface area contributed by atoms with Crippen molar-refractivity contribution in [1.29, 1.82) is 0 Å². The monoisotopic (exact) mass is 245 g/mol. The van der Waals surface area contributed by atoms with Crippen molar-refractivity contribution in [2.24, 2.45) is 5.73 Å². The average molecular weight is 245 g/mol. The van der Waals surface area contributed by atoms with E-state index in [9.17, 15) is 4.79 Å². The first kappa shape index (κ1) is 13.7. The maximum atomic E-state index is 11.2. The van der Waals surface area contributed by atoms with Gasteiger partial charge in [-0.3, -0.25) is 4.79 Å². The largest absolute Gasteiger partial charge is 0.464 e. The fourth-order valence-corrected chi connectivity index (χ4v) is 2.95. The summed E-state index contributed by atoms with van der Waals surface area (Å²) in [5.41, 5.74) is 5.25. The first-order valence-electron chi connectivity index (χ1n) is 6.16. The predicted molar refractivity (Wildman–Crippen MR) is 66.3 cm³/mol. The molecule has 1 saturated heterocycles. The van der Waals surface area contributed by atoms with Crippen molar-refractivity contribution in [3.63, 3.8) is 0 Å². The van der Waals surface area contributed by atoms with Crippen molar-refractivity contribution in [1.82, 2.24) is 0 Å². The van der Waals surface area contributed by atoms with Crippen LogP contribution in [0.5, 0.6) is 0 Å². The highest BCUT2D eigenvalue weighted by Crippen LogP contribution is 2.26. The minimum absolute atomic E-state index is 0.117. The Bertz CT molecular complexity index is 217. The van der Waals surface area contributed by atoms with Crippen LogP contribution in [0.15, 0.2) is 0 Å². The molecule has 1 rings (SSSR count). The molecule has 0 spiro atoms. The van der Waals surface area contributed by atoms with Gasteiger partial charge in [-0.15, -0.1) is 0 Å². The molecule has 5 heteroatoms. The van der Waals surface area contributed by atoms with Crippen LogP contribution in [0.2, 0.25) is 0 Å². The summed E-state index contributed by atoms with van der Waals surface area (Å²) in [6.07, 6.45) is 5.97. The van der Waals surface area contributed by atoms with E-state index in [4.69, 9.17) is 15.2 Å². The van der Waals surface area contributed by atoms with Crippen molar-refractivity contribution < 1.29 is 14.3 Å². The van der Waals surface area contributed by atoms with Crippen LogP contribution < -0.4 is 5.73 Å². The molecule has 1 unspecified atom stereocenters. The molecule has 1 fully saturated rings. The summed E-state index contributed by atoms with van der Waals surface area (Å²) in [5, 5.41) is 0.117. The molecule has 0 aromatic heterocycles. The van der Waals surface area contributed by atoms with Gasteiger partial charge in [0.2, 0.25) is 0 Å². The van der Waals surface area contributed by atoms with E-state index in [1.54, 1.807) is 0 Å². The standard InChI is InChI=1S/C11H23NO3Si/c12-7-9-14-10(13)4-3-6-11(16)5-1-2-8-15-11/h1-9,12H2,16H3. The van der Waals surface area contributed by atoms with Crippen LogP contribution in [0.1, 0.15) is 38.5 Å². The molecule has 0 bridgehead atoms. The molecule has 1 aliphatic rings. The maximum absolute atomic E-state index is 11.2. The fourth-order valence-electron chi connectivity index (χ4n) is 2.04. The highest BCUT2D eigenvalue weighted by Gasteiger charge is 2.27. The number of rotatable bonds is 6. The lowest BCUT2D eigenvalue weighted by Gasteiger charge is -2.34. The van der Waals surface area contributed by atoms with E-state index in [1.807, 2.05) is 0 Å². The normalized spacial score (nSPS) is 25.6. The molecular formula is C11H23NO3Si. The van der Waals surface area contributed by atoms with Gasteiger partial charge in [-0.2, -0.15) is 0 Å². The molecule has 0 aromatic rings. The molecule has 0 aliphatic carbocycles. The SMILES string of the molecule is NCCOC(=O)CCCC1([SiH3])CCCCO1. The summed E-state index contributed by atoms with van der Waals surface area (Å²) in [7, 11) is 1.05. The van der Waals surface area contributed by atoms with Crippen molar-refractivity contribution in [3.8, 4) is 0 Å². The van der Waals surface area contributed by atoms with Crippen LogP contribution in [0.3, 0.4) is 0 Å². The van der Waals surface area contributed by atoms with Gasteiger partial charge in [0, 0.05) is 35.0 Å². The number of hydrogen-bond donors (Lipinski definition) is 1. The van der Waals surface area contributed by atoms with Gasteiger partial charge in [0.1, 0.15) is 6.61 Å². The zero-order valence-corrected chi connectivity index (χ0v) is 12.2. The molecule has 2 N–H and O–H groups in total. The second kappa shape index (κ2) is 7.03. The Morgan fingerprint density at radius 1 is 1.50 bits per heavy atom. The van der Waals surface area contributed by atoms with Crippen LogP contribution >= 0.6 is 0 Å². The Labute approximate surface area is 100 Å². The number of ether oxygens (including phenoxy) is 2. The van der Waals surface area contributed by atoms with Gasteiger partial charge in [0.05, 0.1) is 0 Å². The van der Waals surface area contributed by atoms with Gasteiger partial charge < -0.3 is 15.2 Å². The van der Waals surface area contributed by atoms with Gasteiger partial charge in [0.25, 0.3) is 0 Å². The molecule has 0 amide bonds. The van der Waals surface area contributed by atoms with E-state index in [0.29, 0.717) is 19.6 Å². The van der Waals surface area contributed by atoms with Crippen LogP contribution in [0, 0.1) is 0 Å². The highest BCUT2D eigenvalue weighted by molar-refractivity contribution is 6.14. The summed E-state index contributed by atoms with van der Waals surface area (Å²) in [5.74, 6) is -0.133. The van der Waals surface area contributed by atoms with Crippen LogP contribution in [0.4, 0.5) is 0 Å². The third kappa shape index (κ3) is 5.09. The summed E-state index contributed by atoms with van der Waals surface area (Å²) in [4.78, 5) is 11.2. The third-order valence-electron chi connectivity index (χ3n) is 3.02. The van der Waals surface area contributed by atoms with Crippen molar-refractivity contribution in [2.45, 2.75) is 43.7 Å². The fraction of sp³-hybridized carbons (Fsp3) is 0.909. The lowest BCUT2D eigenvalue weighted by molar-refractivity contribution is -0.143. The van der Waals surface area contributed by atoms with Crippen molar-refractivity contribution >= 4 is 16.2 Å². The van der Waals surface area contributed by atoms with E-state index >= 15 is 0 Å². The van der Waals surface area contributed by atoms with Gasteiger partial charge >= 0.3 is 5.97 Å². The Hall–Kier alpha value is -0.393. The summed E-state index contributed by atoms with van der Waals surface area (Å²) in [6.45, 7) is 1.63. The van der Waals surface area contributed by atoms with E-state index in [1.165, 1.54) is 12.8 Å². The molecule has 94 valence electrons. The van der Waals surface area contributed by atoms with Gasteiger partial charge in [-0.05, 0) is 32.1 Å². The van der Waals surface area contributed by atoms with E-state index in [0.717, 1.165) is 36.1 Å². The van der Waals surface area contributed by atoms with Crippen LogP contribution in [-0.4, -0.2) is 41.2 Å². The molecule has 1 aliphatic heterocycles. The Balaban J connectivity index is 2.11. The molecule has 4 nitrogen and oxygen atoms in total. The Kier molecular flexibility index (Phi) is 6.01. The molecule has 0 radical (unpaired) electrons. The topological polar surface area (TPSA) is 61.5 Å². The number of hydrogen-bond acceptors (Lipinski definition) is 4. The molecule has 0 saturated carbocycles. The summed E-state index contributed by atoms with van der Waals surface area (Å²) in [6, 6.07) is 0. The number of nitrogens with two attached hydrogens (primary N) is 1. The van der Waals surface area contributed by atoms with Gasteiger partial charge in [0.15, 0.2) is 0 Å². The number of carbonyl (C=O) groups excluding carboxylic acids is 1. The minimum atomic E-state index is -0.133. The van der Waals surface area contributed by atoms with E-state index in [2.05, 4.69) is 0 Å². The first-order valence-corrected chi connectivity index (χ1v) is 7.16. The molecule has 0 aromatic carbocycles. The van der Waals surface area contributed by atoms with Gasteiger partial charge in [-0.25, -0.2) is 0 Å². The summed E-state index contributed by atoms with van der Waals surface area (Å²) < 4.78 is 10.7. The lowest BCUT2D eigenvalue weighted by Crippen LogP contribution is -2.36. The predicted octanol–water partition coefficient (Wildman–Crippen LogP) is -0.0792. The molecular weight excluding hydrogens is 222 g/mol. The zero-order chi connectivity index (χ0) is 11.9. The maximum Gasteiger partial charge on any atom is 0.305 e. The van der Waals surface area contributed by atoms with Gasteiger partial charge in [-0.1, -0.05) is 0 Å².